The first kappa shape index (κ1) is 20.5. The number of rotatable bonds is 7. The number of hydrogen-bond donors (Lipinski definition) is 1. The Kier molecular flexibility index (Phi) is 6.59. The molecule has 0 unspecified atom stereocenters. The monoisotopic (exact) mass is 401 g/mol. The number of aryl methyl sites for hydroxylation is 2. The predicted molar refractivity (Wildman–Crippen MR) is 105 cm³/mol. The van der Waals surface area contributed by atoms with Crippen LogP contribution in [0, 0.1) is 0 Å². The molecule has 0 aromatic heterocycles. The van der Waals surface area contributed by atoms with Gasteiger partial charge in [0.15, 0.2) is 6.10 Å². The van der Waals surface area contributed by atoms with Crippen LogP contribution in [0.25, 0.3) is 6.08 Å². The van der Waals surface area contributed by atoms with Gasteiger partial charge in [-0.3, -0.25) is 4.79 Å². The summed E-state index contributed by atoms with van der Waals surface area (Å²) < 4.78 is 33.6. The molecule has 7 heteroatoms. The summed E-state index contributed by atoms with van der Waals surface area (Å²) in [5, 5.41) is 2.76. The van der Waals surface area contributed by atoms with Crippen LogP contribution in [0.15, 0.2) is 48.5 Å². The Morgan fingerprint density at radius 2 is 1.79 bits per heavy atom. The second-order valence-electron chi connectivity index (χ2n) is 6.69. The first-order valence-electron chi connectivity index (χ1n) is 9.27. The van der Waals surface area contributed by atoms with Crippen LogP contribution in [0.5, 0.6) is 5.75 Å². The lowest BCUT2D eigenvalue weighted by Crippen LogP contribution is -2.29. The largest absolute Gasteiger partial charge is 0.449 e. The van der Waals surface area contributed by atoms with Gasteiger partial charge in [-0.25, -0.2) is 4.79 Å². The molecular formula is C22H21F2NO4. The van der Waals surface area contributed by atoms with E-state index in [2.05, 4.69) is 10.1 Å². The molecule has 2 aromatic rings. The van der Waals surface area contributed by atoms with Gasteiger partial charge in [0.1, 0.15) is 5.75 Å². The zero-order valence-electron chi connectivity index (χ0n) is 15.9. The Balaban J connectivity index is 1.50. The number of halogens is 2. The maximum absolute atomic E-state index is 12.3. The van der Waals surface area contributed by atoms with Crippen LogP contribution in [0.3, 0.4) is 0 Å². The average molecular weight is 401 g/mol. The summed E-state index contributed by atoms with van der Waals surface area (Å²) in [5.41, 5.74) is 3.82. The molecule has 1 atom stereocenters. The van der Waals surface area contributed by atoms with Gasteiger partial charge in [-0.15, -0.1) is 0 Å². The van der Waals surface area contributed by atoms with Gasteiger partial charge in [0, 0.05) is 11.8 Å². The van der Waals surface area contributed by atoms with Crippen molar-refractivity contribution in [1.82, 2.24) is 0 Å². The summed E-state index contributed by atoms with van der Waals surface area (Å²) in [6, 6.07) is 11.6. The highest BCUT2D eigenvalue weighted by atomic mass is 19.3. The van der Waals surface area contributed by atoms with E-state index in [0.717, 1.165) is 19.3 Å². The molecule has 0 heterocycles. The van der Waals surface area contributed by atoms with E-state index >= 15 is 0 Å². The number of benzene rings is 2. The second kappa shape index (κ2) is 9.32. The van der Waals surface area contributed by atoms with Gasteiger partial charge in [0.2, 0.25) is 0 Å². The number of anilines is 1. The summed E-state index contributed by atoms with van der Waals surface area (Å²) in [4.78, 5) is 24.2. The highest BCUT2D eigenvalue weighted by Gasteiger charge is 2.18. The third-order valence-corrected chi connectivity index (χ3v) is 4.55. The SMILES string of the molecule is C[C@H](OC(=O)/C=C/c1ccc(OC(F)F)cc1)C(=O)Nc1ccc2c(c1)CCC2. The molecule has 2 aromatic carbocycles. The van der Waals surface area contributed by atoms with E-state index < -0.39 is 24.6 Å². The van der Waals surface area contributed by atoms with Crippen LogP contribution in [0.1, 0.15) is 30.0 Å². The molecule has 1 N–H and O–H groups in total. The fourth-order valence-electron chi connectivity index (χ4n) is 3.09. The van der Waals surface area contributed by atoms with Crippen molar-refractivity contribution in [2.24, 2.45) is 0 Å². The molecule has 3 rings (SSSR count). The number of nitrogens with one attached hydrogen (secondary N) is 1. The highest BCUT2D eigenvalue weighted by Crippen LogP contribution is 2.25. The highest BCUT2D eigenvalue weighted by molar-refractivity contribution is 5.96. The van der Waals surface area contributed by atoms with Crippen LogP contribution in [-0.4, -0.2) is 24.6 Å². The van der Waals surface area contributed by atoms with Crippen molar-refractivity contribution in [3.8, 4) is 5.75 Å². The van der Waals surface area contributed by atoms with E-state index in [-0.39, 0.29) is 5.75 Å². The van der Waals surface area contributed by atoms with E-state index in [1.807, 2.05) is 18.2 Å². The second-order valence-corrected chi connectivity index (χ2v) is 6.69. The zero-order chi connectivity index (χ0) is 20.8. The lowest BCUT2D eigenvalue weighted by molar-refractivity contribution is -0.148. The molecule has 0 fully saturated rings. The van der Waals surface area contributed by atoms with Crippen LogP contribution in [0.2, 0.25) is 0 Å². The molecule has 0 saturated heterocycles. The van der Waals surface area contributed by atoms with Gasteiger partial charge in [-0.05, 0) is 73.2 Å². The number of carbonyl (C=O) groups excluding carboxylic acids is 2. The fraction of sp³-hybridized carbons (Fsp3) is 0.273. The number of alkyl halides is 2. The molecule has 0 radical (unpaired) electrons. The minimum Gasteiger partial charge on any atom is -0.449 e. The van der Waals surface area contributed by atoms with Crippen molar-refractivity contribution >= 4 is 23.6 Å². The van der Waals surface area contributed by atoms with Gasteiger partial charge >= 0.3 is 12.6 Å². The van der Waals surface area contributed by atoms with Crippen molar-refractivity contribution < 1.29 is 27.8 Å². The van der Waals surface area contributed by atoms with Crippen molar-refractivity contribution in [2.75, 3.05) is 5.32 Å². The van der Waals surface area contributed by atoms with Gasteiger partial charge in [-0.1, -0.05) is 18.2 Å². The summed E-state index contributed by atoms with van der Waals surface area (Å²) in [6.45, 7) is -1.40. The zero-order valence-corrected chi connectivity index (χ0v) is 15.9. The van der Waals surface area contributed by atoms with Crippen LogP contribution >= 0.6 is 0 Å². The summed E-state index contributed by atoms with van der Waals surface area (Å²) >= 11 is 0. The molecule has 29 heavy (non-hydrogen) atoms. The number of esters is 1. The van der Waals surface area contributed by atoms with E-state index in [1.165, 1.54) is 54.5 Å². The lowest BCUT2D eigenvalue weighted by Gasteiger charge is -2.13. The van der Waals surface area contributed by atoms with Crippen molar-refractivity contribution in [3.05, 3.63) is 65.2 Å². The third kappa shape index (κ3) is 5.88. The quantitative estimate of drug-likeness (QED) is 0.553. The van der Waals surface area contributed by atoms with Crippen LogP contribution in [0.4, 0.5) is 14.5 Å². The molecule has 1 aliphatic carbocycles. The number of carbonyl (C=O) groups is 2. The number of hydrogen-bond acceptors (Lipinski definition) is 4. The molecule has 1 aliphatic rings. The lowest BCUT2D eigenvalue weighted by atomic mass is 10.1. The van der Waals surface area contributed by atoms with Gasteiger partial charge < -0.3 is 14.8 Å². The third-order valence-electron chi connectivity index (χ3n) is 4.55. The van der Waals surface area contributed by atoms with Crippen LogP contribution in [-0.2, 0) is 27.2 Å². The summed E-state index contributed by atoms with van der Waals surface area (Å²) in [7, 11) is 0. The topological polar surface area (TPSA) is 64.6 Å². The predicted octanol–water partition coefficient (Wildman–Crippen LogP) is 4.36. The number of amides is 1. The van der Waals surface area contributed by atoms with Crippen molar-refractivity contribution in [2.45, 2.75) is 38.9 Å². The van der Waals surface area contributed by atoms with E-state index in [9.17, 15) is 18.4 Å². The normalized spacial score (nSPS) is 13.9. The van der Waals surface area contributed by atoms with E-state index in [4.69, 9.17) is 4.74 Å². The van der Waals surface area contributed by atoms with E-state index in [0.29, 0.717) is 11.3 Å². The molecule has 1 amide bonds. The Bertz CT molecular complexity index is 910. The van der Waals surface area contributed by atoms with Gasteiger partial charge in [-0.2, -0.15) is 8.78 Å². The number of fused-ring (bicyclic) bond motifs is 1. The Morgan fingerprint density at radius 3 is 2.52 bits per heavy atom. The maximum atomic E-state index is 12.3. The summed E-state index contributed by atoms with van der Waals surface area (Å²) in [5.74, 6) is -1.08. The molecular weight excluding hydrogens is 380 g/mol. The molecule has 152 valence electrons. The first-order chi connectivity index (χ1) is 13.9. The molecule has 0 bridgehead atoms. The van der Waals surface area contributed by atoms with Crippen LogP contribution < -0.4 is 10.1 Å². The first-order valence-corrected chi connectivity index (χ1v) is 9.27. The molecule has 0 aliphatic heterocycles. The number of ether oxygens (including phenoxy) is 2. The molecule has 5 nitrogen and oxygen atoms in total. The smallest absolute Gasteiger partial charge is 0.387 e. The van der Waals surface area contributed by atoms with Crippen molar-refractivity contribution in [3.63, 3.8) is 0 Å². The Hall–Kier alpha value is -3.22. The van der Waals surface area contributed by atoms with Crippen molar-refractivity contribution in [1.29, 1.82) is 0 Å². The maximum Gasteiger partial charge on any atom is 0.387 e. The fourth-order valence-corrected chi connectivity index (χ4v) is 3.09. The van der Waals surface area contributed by atoms with Gasteiger partial charge in [0.25, 0.3) is 5.91 Å². The summed E-state index contributed by atoms with van der Waals surface area (Å²) in [6.07, 6.45) is 4.84. The molecule has 0 saturated carbocycles. The van der Waals surface area contributed by atoms with E-state index in [1.54, 1.807) is 0 Å². The minimum atomic E-state index is -2.89. The standard InChI is InChI=1S/C22H21F2NO4/c1-14(21(27)25-18-9-8-16-3-2-4-17(16)13-18)28-20(26)12-7-15-5-10-19(11-6-15)29-22(23)24/h5-14,22H,2-4H2,1H3,(H,25,27)/b12-7+/t14-/m0/s1. The van der Waals surface area contributed by atoms with Gasteiger partial charge in [0.05, 0.1) is 0 Å². The Labute approximate surface area is 167 Å². The molecule has 0 spiro atoms. The average Bonchev–Trinajstić information content (AvgIpc) is 3.14. The minimum absolute atomic E-state index is 0.0246. The Morgan fingerprint density at radius 1 is 1.07 bits per heavy atom.